The molecular weight excluding hydrogens is 307 g/mol. The molecule has 3 aliphatic rings. The Morgan fingerprint density at radius 1 is 1.21 bits per heavy atom. The number of rotatable bonds is 5. The van der Waals surface area contributed by atoms with Crippen molar-refractivity contribution in [3.05, 3.63) is 18.2 Å². The van der Waals surface area contributed by atoms with Crippen LogP contribution in [-0.4, -0.2) is 60.8 Å². The summed E-state index contributed by atoms with van der Waals surface area (Å²) >= 11 is 0. The van der Waals surface area contributed by atoms with E-state index in [4.69, 9.17) is 4.74 Å². The van der Waals surface area contributed by atoms with Gasteiger partial charge in [0, 0.05) is 32.3 Å². The van der Waals surface area contributed by atoms with Crippen molar-refractivity contribution in [2.45, 2.75) is 38.1 Å². The second-order valence-electron chi connectivity index (χ2n) is 7.94. The highest BCUT2D eigenvalue weighted by atomic mass is 19.1. The molecule has 0 amide bonds. The van der Waals surface area contributed by atoms with Crippen LogP contribution in [0.4, 0.5) is 10.3 Å². The Labute approximate surface area is 143 Å². The van der Waals surface area contributed by atoms with Gasteiger partial charge >= 0.3 is 0 Å². The number of ether oxygens (including phenoxy) is 1. The molecule has 0 radical (unpaired) electrons. The quantitative estimate of drug-likeness (QED) is 0.827. The van der Waals surface area contributed by atoms with Crippen molar-refractivity contribution in [3.8, 4) is 0 Å². The van der Waals surface area contributed by atoms with Crippen LogP contribution in [0.1, 0.15) is 32.1 Å². The highest BCUT2D eigenvalue weighted by molar-refractivity contribution is 5.30. The molecule has 1 atom stereocenters. The van der Waals surface area contributed by atoms with E-state index in [9.17, 15) is 4.39 Å². The minimum Gasteiger partial charge on any atom is -0.380 e. The third-order valence-corrected chi connectivity index (χ3v) is 5.95. The maximum absolute atomic E-state index is 13.0. The van der Waals surface area contributed by atoms with Gasteiger partial charge in [0.2, 0.25) is 5.95 Å². The van der Waals surface area contributed by atoms with Gasteiger partial charge < -0.3 is 14.5 Å². The summed E-state index contributed by atoms with van der Waals surface area (Å²) in [4.78, 5) is 12.9. The fourth-order valence-electron chi connectivity index (χ4n) is 4.23. The molecule has 5 nitrogen and oxygen atoms in total. The van der Waals surface area contributed by atoms with E-state index >= 15 is 0 Å². The van der Waals surface area contributed by atoms with E-state index < -0.39 is 0 Å². The summed E-state index contributed by atoms with van der Waals surface area (Å²) < 4.78 is 18.9. The third-order valence-electron chi connectivity index (χ3n) is 5.95. The summed E-state index contributed by atoms with van der Waals surface area (Å²) in [6.45, 7) is 4.89. The molecule has 4 rings (SSSR count). The van der Waals surface area contributed by atoms with Crippen molar-refractivity contribution < 1.29 is 9.13 Å². The Morgan fingerprint density at radius 2 is 1.92 bits per heavy atom. The van der Waals surface area contributed by atoms with Crippen LogP contribution in [0.25, 0.3) is 0 Å². The van der Waals surface area contributed by atoms with Gasteiger partial charge in [0.1, 0.15) is 0 Å². The van der Waals surface area contributed by atoms with Crippen LogP contribution in [0.2, 0.25) is 0 Å². The molecule has 1 aromatic heterocycles. The Bertz CT molecular complexity index is 555. The topological polar surface area (TPSA) is 41.5 Å². The molecule has 1 saturated carbocycles. The van der Waals surface area contributed by atoms with Crippen molar-refractivity contribution in [1.29, 1.82) is 0 Å². The number of piperidine rings is 1. The van der Waals surface area contributed by atoms with Crippen molar-refractivity contribution in [2.75, 3.05) is 44.8 Å². The Balaban J connectivity index is 1.30. The monoisotopic (exact) mass is 334 g/mol. The van der Waals surface area contributed by atoms with Gasteiger partial charge in [-0.2, -0.15) is 0 Å². The zero-order chi connectivity index (χ0) is 16.6. The van der Waals surface area contributed by atoms with Gasteiger partial charge in [0.25, 0.3) is 0 Å². The van der Waals surface area contributed by atoms with Crippen LogP contribution in [0.5, 0.6) is 0 Å². The van der Waals surface area contributed by atoms with Gasteiger partial charge in [-0.3, -0.25) is 0 Å². The molecule has 1 aliphatic carbocycles. The predicted octanol–water partition coefficient (Wildman–Crippen LogP) is 2.33. The van der Waals surface area contributed by atoms with Crippen LogP contribution in [0.15, 0.2) is 12.4 Å². The van der Waals surface area contributed by atoms with Crippen molar-refractivity contribution in [3.63, 3.8) is 0 Å². The molecule has 6 heteroatoms. The fourth-order valence-corrected chi connectivity index (χ4v) is 4.23. The summed E-state index contributed by atoms with van der Waals surface area (Å²) in [5.41, 5.74) is 0.402. The Morgan fingerprint density at radius 3 is 2.58 bits per heavy atom. The summed E-state index contributed by atoms with van der Waals surface area (Å²) in [5.74, 6) is 1.12. The highest BCUT2D eigenvalue weighted by Gasteiger charge is 2.44. The summed E-state index contributed by atoms with van der Waals surface area (Å²) in [6.07, 6.45) is 8.74. The van der Waals surface area contributed by atoms with Crippen molar-refractivity contribution >= 4 is 5.95 Å². The number of likely N-dealkylation sites (tertiary alicyclic amines) is 1. The lowest BCUT2D eigenvalue weighted by molar-refractivity contribution is 0.0786. The van der Waals surface area contributed by atoms with E-state index in [1.165, 1.54) is 31.7 Å². The molecule has 2 saturated heterocycles. The number of nitrogens with zero attached hydrogens (tertiary/aromatic N) is 4. The average Bonchev–Trinajstić information content (AvgIpc) is 3.35. The lowest BCUT2D eigenvalue weighted by atomic mass is 9.76. The molecule has 0 bridgehead atoms. The fraction of sp³-hybridized carbons (Fsp3) is 0.778. The largest absolute Gasteiger partial charge is 0.380 e. The molecule has 3 heterocycles. The van der Waals surface area contributed by atoms with Gasteiger partial charge in [0.15, 0.2) is 5.82 Å². The smallest absolute Gasteiger partial charge is 0.225 e. The number of anilines is 1. The highest BCUT2D eigenvalue weighted by Crippen LogP contribution is 2.43. The second kappa shape index (κ2) is 6.56. The van der Waals surface area contributed by atoms with Gasteiger partial charge in [-0.25, -0.2) is 14.4 Å². The predicted molar refractivity (Wildman–Crippen MR) is 90.4 cm³/mol. The summed E-state index contributed by atoms with van der Waals surface area (Å²) in [6, 6.07) is 0.553. The molecule has 24 heavy (non-hydrogen) atoms. The first kappa shape index (κ1) is 16.2. The molecule has 0 aromatic carbocycles. The molecule has 132 valence electrons. The number of hydrogen-bond acceptors (Lipinski definition) is 5. The van der Waals surface area contributed by atoms with Crippen molar-refractivity contribution in [1.82, 2.24) is 14.9 Å². The standard InChI is InChI=1S/C18H27FN4O/c1-22-13-18(8-16(22)12-24-11-14-2-3-14)4-6-23(7-5-18)17-20-9-15(19)10-21-17/h9-10,14,16H,2-8,11-13H2,1H3. The van der Waals surface area contributed by atoms with E-state index in [-0.39, 0.29) is 5.82 Å². The van der Waals surface area contributed by atoms with Gasteiger partial charge in [-0.15, -0.1) is 0 Å². The molecule has 1 spiro atoms. The second-order valence-corrected chi connectivity index (χ2v) is 7.94. The van der Waals surface area contributed by atoms with Crippen molar-refractivity contribution in [2.24, 2.45) is 11.3 Å². The van der Waals surface area contributed by atoms with E-state index in [1.54, 1.807) is 0 Å². The zero-order valence-corrected chi connectivity index (χ0v) is 14.5. The van der Waals surface area contributed by atoms with Crippen LogP contribution in [0, 0.1) is 17.2 Å². The SMILES string of the molecule is CN1CC2(CCN(c3ncc(F)cn3)CC2)CC1COCC1CC1. The minimum absolute atomic E-state index is 0.376. The van der Waals surface area contributed by atoms with Gasteiger partial charge in [-0.1, -0.05) is 0 Å². The van der Waals surface area contributed by atoms with Crippen LogP contribution >= 0.6 is 0 Å². The molecular formula is C18H27FN4O. The molecule has 0 N–H and O–H groups in total. The normalized spacial score (nSPS) is 27.1. The van der Waals surface area contributed by atoms with E-state index in [0.29, 0.717) is 17.4 Å². The van der Waals surface area contributed by atoms with E-state index in [0.717, 1.165) is 51.6 Å². The molecule has 1 aromatic rings. The number of halogens is 1. The third kappa shape index (κ3) is 3.54. The van der Waals surface area contributed by atoms with Crippen LogP contribution < -0.4 is 4.90 Å². The number of likely N-dealkylation sites (N-methyl/N-ethyl adjacent to an activating group) is 1. The van der Waals surface area contributed by atoms with Crippen LogP contribution in [-0.2, 0) is 4.74 Å². The van der Waals surface area contributed by atoms with Gasteiger partial charge in [-0.05, 0) is 50.5 Å². The first-order valence-electron chi connectivity index (χ1n) is 9.14. The molecule has 2 aliphatic heterocycles. The zero-order valence-electron chi connectivity index (χ0n) is 14.5. The lowest BCUT2D eigenvalue weighted by Crippen LogP contribution is -2.42. The summed E-state index contributed by atoms with van der Waals surface area (Å²) in [5, 5.41) is 0. The Hall–Kier alpha value is -1.27. The first-order valence-corrected chi connectivity index (χ1v) is 9.14. The molecule has 1 unspecified atom stereocenters. The van der Waals surface area contributed by atoms with Crippen LogP contribution in [0.3, 0.4) is 0 Å². The van der Waals surface area contributed by atoms with E-state index in [2.05, 4.69) is 26.8 Å². The minimum atomic E-state index is -0.376. The molecule has 3 fully saturated rings. The Kier molecular flexibility index (Phi) is 4.43. The first-order chi connectivity index (χ1) is 11.6. The number of aromatic nitrogens is 2. The lowest BCUT2D eigenvalue weighted by Gasteiger charge is -2.39. The maximum atomic E-state index is 13.0. The van der Waals surface area contributed by atoms with E-state index in [1.807, 2.05) is 0 Å². The average molecular weight is 334 g/mol. The summed E-state index contributed by atoms with van der Waals surface area (Å²) in [7, 11) is 2.23. The van der Waals surface area contributed by atoms with Gasteiger partial charge in [0.05, 0.1) is 19.0 Å². The number of hydrogen-bond donors (Lipinski definition) is 0. The maximum Gasteiger partial charge on any atom is 0.225 e.